The minimum absolute atomic E-state index is 0.245. The van der Waals surface area contributed by atoms with E-state index in [-0.39, 0.29) is 12.5 Å². The molecule has 0 aliphatic rings. The van der Waals surface area contributed by atoms with E-state index >= 15 is 0 Å². The number of likely N-dealkylation sites (N-methyl/N-ethyl adjacent to an activating group) is 1. The highest BCUT2D eigenvalue weighted by Crippen LogP contribution is 2.24. The highest BCUT2D eigenvalue weighted by atomic mass is 32.2. The van der Waals surface area contributed by atoms with Gasteiger partial charge in [-0.3, -0.25) is 4.79 Å². The van der Waals surface area contributed by atoms with Gasteiger partial charge in [0, 0.05) is 30.1 Å². The Kier molecular flexibility index (Phi) is 6.18. The van der Waals surface area contributed by atoms with Crippen LogP contribution in [0.25, 0.3) is 0 Å². The van der Waals surface area contributed by atoms with Crippen molar-refractivity contribution in [2.45, 2.75) is 17.6 Å². The van der Waals surface area contributed by atoms with Crippen molar-refractivity contribution in [2.75, 3.05) is 20.7 Å². The lowest BCUT2D eigenvalue weighted by molar-refractivity contribution is -0.131. The van der Waals surface area contributed by atoms with Gasteiger partial charge in [-0.15, -0.1) is 23.1 Å². The highest BCUT2D eigenvalue weighted by molar-refractivity contribution is 7.98. The summed E-state index contributed by atoms with van der Waals surface area (Å²) in [6.45, 7) is 1.74. The molecule has 2 rings (SSSR count). The molecule has 122 valence electrons. The van der Waals surface area contributed by atoms with E-state index in [0.717, 1.165) is 21.3 Å². The Morgan fingerprint density at radius 2 is 1.96 bits per heavy atom. The van der Waals surface area contributed by atoms with Crippen LogP contribution < -0.4 is 0 Å². The SMILES string of the molecule is Cc1nc(CSc2ccc(C(=O)OCC(=O)N(C)C)cc2)cs1. The molecule has 0 unspecified atom stereocenters. The smallest absolute Gasteiger partial charge is 0.338 e. The number of hydrogen-bond acceptors (Lipinski definition) is 6. The summed E-state index contributed by atoms with van der Waals surface area (Å²) in [6, 6.07) is 7.15. The van der Waals surface area contributed by atoms with E-state index in [9.17, 15) is 9.59 Å². The summed E-state index contributed by atoms with van der Waals surface area (Å²) >= 11 is 3.30. The van der Waals surface area contributed by atoms with Crippen molar-refractivity contribution >= 4 is 35.0 Å². The van der Waals surface area contributed by atoms with E-state index in [1.54, 1.807) is 49.3 Å². The Labute approximate surface area is 143 Å². The van der Waals surface area contributed by atoms with Crippen molar-refractivity contribution in [1.82, 2.24) is 9.88 Å². The maximum Gasteiger partial charge on any atom is 0.338 e. The van der Waals surface area contributed by atoms with Gasteiger partial charge in [-0.1, -0.05) is 0 Å². The Morgan fingerprint density at radius 1 is 1.26 bits per heavy atom. The summed E-state index contributed by atoms with van der Waals surface area (Å²) in [5, 5.41) is 3.11. The van der Waals surface area contributed by atoms with Gasteiger partial charge in [0.15, 0.2) is 6.61 Å². The van der Waals surface area contributed by atoms with Crippen LogP contribution in [0.2, 0.25) is 0 Å². The van der Waals surface area contributed by atoms with Crippen LogP contribution in [-0.4, -0.2) is 42.5 Å². The van der Waals surface area contributed by atoms with Crippen LogP contribution in [0.15, 0.2) is 34.5 Å². The molecule has 0 saturated carbocycles. The van der Waals surface area contributed by atoms with Crippen molar-refractivity contribution in [3.05, 3.63) is 45.9 Å². The highest BCUT2D eigenvalue weighted by Gasteiger charge is 2.11. The van der Waals surface area contributed by atoms with E-state index in [1.165, 1.54) is 4.90 Å². The molecule has 1 aromatic heterocycles. The van der Waals surface area contributed by atoms with E-state index in [0.29, 0.717) is 5.56 Å². The molecule has 0 spiro atoms. The number of ether oxygens (including phenoxy) is 1. The van der Waals surface area contributed by atoms with Gasteiger partial charge >= 0.3 is 5.97 Å². The fourth-order valence-corrected chi connectivity index (χ4v) is 3.17. The first-order chi connectivity index (χ1) is 11.0. The molecular formula is C16H18N2O3S2. The Hall–Kier alpha value is -1.86. The van der Waals surface area contributed by atoms with E-state index in [4.69, 9.17) is 4.74 Å². The molecule has 0 fully saturated rings. The van der Waals surface area contributed by atoms with Crippen LogP contribution in [0.1, 0.15) is 21.1 Å². The van der Waals surface area contributed by atoms with Crippen molar-refractivity contribution in [2.24, 2.45) is 0 Å². The molecule has 0 bridgehead atoms. The van der Waals surface area contributed by atoms with Crippen molar-refractivity contribution in [1.29, 1.82) is 0 Å². The summed E-state index contributed by atoms with van der Waals surface area (Å²) in [6.07, 6.45) is 0. The number of aromatic nitrogens is 1. The topological polar surface area (TPSA) is 59.5 Å². The minimum Gasteiger partial charge on any atom is -0.452 e. The van der Waals surface area contributed by atoms with Gasteiger partial charge < -0.3 is 9.64 Å². The summed E-state index contributed by atoms with van der Waals surface area (Å²) in [5.41, 5.74) is 1.49. The molecule has 1 amide bonds. The molecule has 0 saturated heterocycles. The van der Waals surface area contributed by atoms with Crippen LogP contribution in [0.4, 0.5) is 0 Å². The summed E-state index contributed by atoms with van der Waals surface area (Å²) < 4.78 is 4.98. The van der Waals surface area contributed by atoms with Gasteiger partial charge in [0.05, 0.1) is 16.3 Å². The average Bonchev–Trinajstić information content (AvgIpc) is 2.96. The van der Waals surface area contributed by atoms with E-state index in [2.05, 4.69) is 10.4 Å². The molecule has 5 nitrogen and oxygen atoms in total. The summed E-state index contributed by atoms with van der Waals surface area (Å²) in [5.74, 6) is 0.0572. The summed E-state index contributed by atoms with van der Waals surface area (Å²) in [4.78, 5) is 30.1. The first-order valence-corrected chi connectivity index (χ1v) is 8.83. The fourth-order valence-electron chi connectivity index (χ4n) is 1.66. The molecule has 0 radical (unpaired) electrons. The standard InChI is InChI=1S/C16H18N2O3S2/c1-11-17-13(9-22-11)10-23-14-6-4-12(5-7-14)16(20)21-8-15(19)18(2)3/h4-7,9H,8,10H2,1-3H3. The molecule has 0 N–H and O–H groups in total. The molecule has 0 aliphatic heterocycles. The van der Waals surface area contributed by atoms with Gasteiger partial charge in [0.25, 0.3) is 5.91 Å². The Morgan fingerprint density at radius 3 is 2.52 bits per heavy atom. The van der Waals surface area contributed by atoms with Crippen LogP contribution in [0.3, 0.4) is 0 Å². The number of thioether (sulfide) groups is 1. The van der Waals surface area contributed by atoms with Gasteiger partial charge in [-0.05, 0) is 31.2 Å². The number of aryl methyl sites for hydroxylation is 1. The molecule has 1 heterocycles. The molecule has 23 heavy (non-hydrogen) atoms. The largest absolute Gasteiger partial charge is 0.452 e. The number of nitrogens with zero attached hydrogens (tertiary/aromatic N) is 2. The Bertz CT molecular complexity index is 681. The van der Waals surface area contributed by atoms with Crippen molar-refractivity contribution in [3.63, 3.8) is 0 Å². The van der Waals surface area contributed by atoms with E-state index in [1.807, 2.05) is 19.1 Å². The molecule has 7 heteroatoms. The molecule has 0 atom stereocenters. The quantitative estimate of drug-likeness (QED) is 0.592. The third kappa shape index (κ3) is 5.37. The first-order valence-electron chi connectivity index (χ1n) is 6.97. The zero-order chi connectivity index (χ0) is 16.8. The van der Waals surface area contributed by atoms with Crippen molar-refractivity contribution < 1.29 is 14.3 Å². The number of benzene rings is 1. The van der Waals surface area contributed by atoms with Gasteiger partial charge in [-0.2, -0.15) is 0 Å². The molecule has 1 aromatic carbocycles. The second-order valence-corrected chi connectivity index (χ2v) is 7.15. The van der Waals surface area contributed by atoms with Crippen LogP contribution in [-0.2, 0) is 15.3 Å². The number of esters is 1. The number of hydrogen-bond donors (Lipinski definition) is 0. The predicted molar refractivity (Wildman–Crippen MR) is 91.8 cm³/mol. The zero-order valence-electron chi connectivity index (χ0n) is 13.2. The minimum atomic E-state index is -0.494. The maximum absolute atomic E-state index is 11.9. The summed E-state index contributed by atoms with van der Waals surface area (Å²) in [7, 11) is 3.23. The van der Waals surface area contributed by atoms with Gasteiger partial charge in [0.1, 0.15) is 0 Å². The van der Waals surface area contributed by atoms with E-state index < -0.39 is 5.97 Å². The third-order valence-corrected chi connectivity index (χ3v) is 4.84. The molecular weight excluding hydrogens is 332 g/mol. The number of thiazole rings is 1. The second kappa shape index (κ2) is 8.12. The maximum atomic E-state index is 11.9. The van der Waals surface area contributed by atoms with Crippen LogP contribution in [0.5, 0.6) is 0 Å². The Balaban J connectivity index is 1.86. The average molecular weight is 350 g/mol. The number of rotatable bonds is 6. The fraction of sp³-hybridized carbons (Fsp3) is 0.312. The first kappa shape index (κ1) is 17.5. The van der Waals surface area contributed by atoms with Crippen molar-refractivity contribution in [3.8, 4) is 0 Å². The lowest BCUT2D eigenvalue weighted by atomic mass is 10.2. The zero-order valence-corrected chi connectivity index (χ0v) is 14.9. The number of amides is 1. The number of carbonyl (C=O) groups is 2. The molecule has 2 aromatic rings. The third-order valence-electron chi connectivity index (χ3n) is 2.97. The van der Waals surface area contributed by atoms with Crippen LogP contribution in [0, 0.1) is 6.92 Å². The van der Waals surface area contributed by atoms with Gasteiger partial charge in [0.2, 0.25) is 0 Å². The molecule has 0 aliphatic carbocycles. The lowest BCUT2D eigenvalue weighted by Crippen LogP contribution is -2.27. The van der Waals surface area contributed by atoms with Gasteiger partial charge in [-0.25, -0.2) is 9.78 Å². The lowest BCUT2D eigenvalue weighted by Gasteiger charge is -2.10. The van der Waals surface area contributed by atoms with Crippen LogP contribution >= 0.6 is 23.1 Å². The monoisotopic (exact) mass is 350 g/mol. The number of carbonyl (C=O) groups excluding carboxylic acids is 2. The second-order valence-electron chi connectivity index (χ2n) is 5.04. The predicted octanol–water partition coefficient (Wildman–Crippen LogP) is 2.99. The normalized spacial score (nSPS) is 10.4.